The van der Waals surface area contributed by atoms with Crippen LogP contribution < -0.4 is 20.6 Å². The van der Waals surface area contributed by atoms with E-state index in [1.54, 1.807) is 32.4 Å². The van der Waals surface area contributed by atoms with Crippen LogP contribution in [-0.2, 0) is 6.54 Å². The summed E-state index contributed by atoms with van der Waals surface area (Å²) in [5.74, 6) is 0.829. The van der Waals surface area contributed by atoms with Crippen molar-refractivity contribution in [3.05, 3.63) is 35.2 Å². The Balaban J connectivity index is 1.85. The van der Waals surface area contributed by atoms with E-state index in [2.05, 4.69) is 49.9 Å². The largest absolute Gasteiger partial charge is 0.493 e. The monoisotopic (exact) mass is 471 g/mol. The highest BCUT2D eigenvalue weighted by Crippen LogP contribution is 2.26. The first-order valence-corrected chi connectivity index (χ1v) is 10.8. The lowest BCUT2D eigenvalue weighted by Crippen LogP contribution is -2.28. The number of benzene rings is 1. The van der Waals surface area contributed by atoms with Crippen molar-refractivity contribution >= 4 is 17.9 Å². The Morgan fingerprint density at radius 1 is 1.21 bits per heavy atom. The molecule has 2 heterocycles. The molecule has 34 heavy (non-hydrogen) atoms. The predicted octanol–water partition coefficient (Wildman–Crippen LogP) is 1.64. The van der Waals surface area contributed by atoms with Crippen LogP contribution in [0.3, 0.4) is 0 Å². The highest BCUT2D eigenvalue weighted by atomic mass is 16.6. The second-order valence-corrected chi connectivity index (χ2v) is 7.36. The quantitative estimate of drug-likeness (QED) is 0.294. The van der Waals surface area contributed by atoms with Crippen LogP contribution in [0.1, 0.15) is 48.4 Å². The second kappa shape index (κ2) is 11.7. The van der Waals surface area contributed by atoms with Crippen molar-refractivity contribution in [3.8, 4) is 17.3 Å². The third kappa shape index (κ3) is 5.67. The van der Waals surface area contributed by atoms with Crippen LogP contribution >= 0.6 is 0 Å². The number of aromatic nitrogens is 5. The van der Waals surface area contributed by atoms with Crippen molar-refractivity contribution in [2.75, 3.05) is 33.0 Å². The zero-order valence-electron chi connectivity index (χ0n) is 19.7. The molecule has 0 spiro atoms. The number of amides is 1. The van der Waals surface area contributed by atoms with Crippen molar-refractivity contribution in [1.29, 1.82) is 0 Å². The Morgan fingerprint density at radius 2 is 1.94 bits per heavy atom. The summed E-state index contributed by atoms with van der Waals surface area (Å²) >= 11 is 0. The molecule has 0 bridgehead atoms. The lowest BCUT2D eigenvalue weighted by Gasteiger charge is -2.21. The maximum Gasteiger partial charge on any atom is 0.293 e. The third-order valence-corrected chi connectivity index (χ3v) is 4.91. The van der Waals surface area contributed by atoms with E-state index in [1.165, 1.54) is 10.9 Å². The molecule has 0 saturated heterocycles. The number of nitrogens with zero attached hydrogens (tertiary/aromatic N) is 7. The first kappa shape index (κ1) is 24.6. The minimum absolute atomic E-state index is 0.0436. The number of hydrogen-bond acceptors (Lipinski definition) is 11. The summed E-state index contributed by atoms with van der Waals surface area (Å²) in [5.41, 5.74) is 9.66. The number of methoxy groups -OCH3 is 2. The van der Waals surface area contributed by atoms with Gasteiger partial charge in [0.1, 0.15) is 0 Å². The standard InChI is InChI=1S/C21H29N9O4/c1-5-9-29(10-6-2)13-15-18(24-28-30(15)20-19(22)26-34-27-20)21(31)25-23-12-14-7-8-16(32-3)17(11-14)33-4/h7-8,11-12H,5-6,9-10,13H2,1-4H3,(H2,22,26)(H,25,31)/b23-12+. The molecule has 0 atom stereocenters. The smallest absolute Gasteiger partial charge is 0.293 e. The average molecular weight is 472 g/mol. The minimum atomic E-state index is -0.527. The van der Waals surface area contributed by atoms with Gasteiger partial charge in [-0.05, 0) is 60.0 Å². The molecule has 0 unspecified atom stereocenters. The summed E-state index contributed by atoms with van der Waals surface area (Å²) in [6.45, 7) is 6.26. The molecule has 0 fully saturated rings. The molecule has 2 aromatic heterocycles. The second-order valence-electron chi connectivity index (χ2n) is 7.36. The maximum absolute atomic E-state index is 12.9. The number of ether oxygens (including phenoxy) is 2. The first-order valence-electron chi connectivity index (χ1n) is 10.8. The normalized spacial score (nSPS) is 11.3. The molecule has 1 aromatic carbocycles. The molecular weight excluding hydrogens is 442 g/mol. The van der Waals surface area contributed by atoms with Crippen molar-refractivity contribution < 1.29 is 18.9 Å². The summed E-state index contributed by atoms with van der Waals surface area (Å²) in [6, 6.07) is 5.27. The Morgan fingerprint density at radius 3 is 2.56 bits per heavy atom. The van der Waals surface area contributed by atoms with Gasteiger partial charge in [0.2, 0.25) is 11.6 Å². The minimum Gasteiger partial charge on any atom is -0.493 e. The number of anilines is 1. The summed E-state index contributed by atoms with van der Waals surface area (Å²) in [6.07, 6.45) is 3.39. The van der Waals surface area contributed by atoms with Crippen molar-refractivity contribution in [2.45, 2.75) is 33.2 Å². The van der Waals surface area contributed by atoms with Crippen LogP contribution in [0.15, 0.2) is 27.9 Å². The molecule has 1 amide bonds. The van der Waals surface area contributed by atoms with Gasteiger partial charge < -0.3 is 15.2 Å². The van der Waals surface area contributed by atoms with Gasteiger partial charge in [0, 0.05) is 6.54 Å². The fourth-order valence-electron chi connectivity index (χ4n) is 3.39. The molecule has 13 heteroatoms. The summed E-state index contributed by atoms with van der Waals surface area (Å²) in [5, 5.41) is 19.6. The van der Waals surface area contributed by atoms with E-state index in [0.717, 1.165) is 25.9 Å². The topological polar surface area (TPSA) is 159 Å². The van der Waals surface area contributed by atoms with Crippen molar-refractivity contribution in [1.82, 2.24) is 35.6 Å². The van der Waals surface area contributed by atoms with Gasteiger partial charge in [-0.25, -0.2) is 10.1 Å². The molecule has 0 aliphatic heterocycles. The summed E-state index contributed by atoms with van der Waals surface area (Å²) < 4.78 is 16.6. The van der Waals surface area contributed by atoms with Crippen LogP contribution in [0.5, 0.6) is 11.5 Å². The van der Waals surface area contributed by atoms with E-state index in [0.29, 0.717) is 29.3 Å². The average Bonchev–Trinajstić information content (AvgIpc) is 3.44. The summed E-state index contributed by atoms with van der Waals surface area (Å²) in [4.78, 5) is 15.1. The number of rotatable bonds is 12. The zero-order chi connectivity index (χ0) is 24.5. The van der Waals surface area contributed by atoms with E-state index in [9.17, 15) is 4.79 Å². The fraction of sp³-hybridized carbons (Fsp3) is 0.429. The number of carbonyl (C=O) groups excluding carboxylic acids is 1. The van der Waals surface area contributed by atoms with E-state index >= 15 is 0 Å². The van der Waals surface area contributed by atoms with Crippen LogP contribution in [0.2, 0.25) is 0 Å². The van der Waals surface area contributed by atoms with Crippen LogP contribution in [0, 0.1) is 0 Å². The van der Waals surface area contributed by atoms with Crippen molar-refractivity contribution in [3.63, 3.8) is 0 Å². The molecule has 13 nitrogen and oxygen atoms in total. The Kier molecular flexibility index (Phi) is 8.51. The number of carbonyl (C=O) groups is 1. The van der Waals surface area contributed by atoms with Gasteiger partial charge in [-0.3, -0.25) is 9.69 Å². The lowest BCUT2D eigenvalue weighted by molar-refractivity contribution is 0.0947. The van der Waals surface area contributed by atoms with Crippen LogP contribution in [-0.4, -0.2) is 69.6 Å². The van der Waals surface area contributed by atoms with Crippen LogP contribution in [0.4, 0.5) is 5.82 Å². The lowest BCUT2D eigenvalue weighted by atomic mass is 10.2. The number of hydrazone groups is 1. The Bertz CT molecular complexity index is 1120. The molecule has 182 valence electrons. The summed E-state index contributed by atoms with van der Waals surface area (Å²) in [7, 11) is 3.10. The molecule has 3 rings (SSSR count). The number of hydrogen-bond donors (Lipinski definition) is 2. The van der Waals surface area contributed by atoms with Crippen LogP contribution in [0.25, 0.3) is 5.82 Å². The zero-order valence-corrected chi connectivity index (χ0v) is 19.7. The third-order valence-electron chi connectivity index (χ3n) is 4.91. The molecule has 0 saturated carbocycles. The van der Waals surface area contributed by atoms with Gasteiger partial charge in [0.15, 0.2) is 17.2 Å². The highest BCUT2D eigenvalue weighted by Gasteiger charge is 2.25. The molecular formula is C21H29N9O4. The Labute approximate surface area is 196 Å². The van der Waals surface area contributed by atoms with Crippen molar-refractivity contribution in [2.24, 2.45) is 5.10 Å². The van der Waals surface area contributed by atoms with Gasteiger partial charge in [-0.2, -0.15) is 9.78 Å². The SMILES string of the molecule is CCCN(CCC)Cc1c(C(=O)N/N=C/c2ccc(OC)c(OC)c2)nnn1-c1nonc1N. The predicted molar refractivity (Wildman–Crippen MR) is 124 cm³/mol. The molecule has 3 N–H and O–H groups in total. The van der Waals surface area contributed by atoms with Gasteiger partial charge in [-0.1, -0.05) is 19.1 Å². The number of nitrogens with two attached hydrogens (primary N) is 1. The van der Waals surface area contributed by atoms with E-state index in [-0.39, 0.29) is 17.3 Å². The molecule has 3 aromatic rings. The van der Waals surface area contributed by atoms with E-state index in [1.807, 2.05) is 0 Å². The maximum atomic E-state index is 12.9. The van der Waals surface area contributed by atoms with Gasteiger partial charge in [-0.15, -0.1) is 5.10 Å². The Hall–Kier alpha value is -4.00. The van der Waals surface area contributed by atoms with E-state index < -0.39 is 5.91 Å². The number of nitrogen functional groups attached to an aromatic ring is 1. The first-order chi connectivity index (χ1) is 16.5. The fourth-order valence-corrected chi connectivity index (χ4v) is 3.39. The van der Waals surface area contributed by atoms with Gasteiger partial charge in [0.25, 0.3) is 5.91 Å². The molecule has 0 radical (unpaired) electrons. The van der Waals surface area contributed by atoms with Gasteiger partial charge >= 0.3 is 0 Å². The van der Waals surface area contributed by atoms with E-state index in [4.69, 9.17) is 19.8 Å². The molecule has 0 aliphatic carbocycles. The molecule has 0 aliphatic rings. The highest BCUT2D eigenvalue weighted by molar-refractivity contribution is 5.94. The number of nitrogens with one attached hydrogen (secondary N) is 1. The van der Waals surface area contributed by atoms with Gasteiger partial charge in [0.05, 0.1) is 26.1 Å².